The molecule has 1 fully saturated rings. The number of rotatable bonds is 5. The Hall–Kier alpha value is -2.28. The molecule has 0 atom stereocenters. The number of nitrogens with zero attached hydrogens (tertiary/aromatic N) is 2. The van der Waals surface area contributed by atoms with Crippen molar-refractivity contribution in [3.8, 4) is 5.75 Å². The molecule has 1 saturated heterocycles. The van der Waals surface area contributed by atoms with Crippen LogP contribution in [0.1, 0.15) is 17.3 Å². The predicted octanol–water partition coefficient (Wildman–Crippen LogP) is 5.66. The van der Waals surface area contributed by atoms with E-state index in [1.807, 2.05) is 48.5 Å². The Balaban J connectivity index is 1.68. The molecule has 1 aliphatic heterocycles. The number of amides is 1. The minimum Gasteiger partial charge on any atom is -0.495 e. The second-order valence-electron chi connectivity index (χ2n) is 7.50. The fraction of sp³-hybridized carbons (Fsp3) is 0.292. The predicted molar refractivity (Wildman–Crippen MR) is 132 cm³/mol. The number of carbonyl (C=O) groups excluding carboxylic acids is 1. The number of halogens is 2. The highest BCUT2D eigenvalue weighted by Gasteiger charge is 2.23. The van der Waals surface area contributed by atoms with Crippen LogP contribution in [0.15, 0.2) is 53.0 Å². The third kappa shape index (κ3) is 4.38. The van der Waals surface area contributed by atoms with Gasteiger partial charge in [-0.15, -0.1) is 0 Å². The van der Waals surface area contributed by atoms with Gasteiger partial charge in [-0.05, 0) is 51.4 Å². The van der Waals surface area contributed by atoms with Crippen molar-refractivity contribution in [2.24, 2.45) is 0 Å². The molecule has 0 aliphatic carbocycles. The molecule has 7 heteroatoms. The number of methoxy groups -OCH3 is 1. The zero-order valence-electron chi connectivity index (χ0n) is 17.6. The van der Waals surface area contributed by atoms with Gasteiger partial charge in [0.2, 0.25) is 0 Å². The van der Waals surface area contributed by atoms with Gasteiger partial charge in [0.25, 0.3) is 5.91 Å². The molecule has 0 bridgehead atoms. The van der Waals surface area contributed by atoms with E-state index in [-0.39, 0.29) is 5.91 Å². The molecule has 1 aliphatic rings. The summed E-state index contributed by atoms with van der Waals surface area (Å²) in [4.78, 5) is 18.0. The lowest BCUT2D eigenvalue weighted by atomic mass is 10.0. The first-order chi connectivity index (χ1) is 15.0. The normalized spacial score (nSPS) is 14.6. The molecule has 3 aromatic rings. The Morgan fingerprint density at radius 3 is 2.58 bits per heavy atom. The van der Waals surface area contributed by atoms with Gasteiger partial charge < -0.3 is 19.9 Å². The monoisotopic (exact) mass is 501 g/mol. The number of likely N-dealkylation sites (N-methyl/N-ethyl adjacent to an activating group) is 1. The number of benzene rings is 3. The van der Waals surface area contributed by atoms with Crippen LogP contribution in [0.4, 0.5) is 11.4 Å². The van der Waals surface area contributed by atoms with Crippen LogP contribution < -0.4 is 15.0 Å². The van der Waals surface area contributed by atoms with Crippen LogP contribution in [0.25, 0.3) is 10.8 Å². The summed E-state index contributed by atoms with van der Waals surface area (Å²) >= 11 is 10.2. The lowest BCUT2D eigenvalue weighted by molar-refractivity contribution is 0.102. The van der Waals surface area contributed by atoms with E-state index in [9.17, 15) is 4.79 Å². The average Bonchev–Trinajstić information content (AvgIpc) is 2.79. The Kier molecular flexibility index (Phi) is 6.70. The van der Waals surface area contributed by atoms with Crippen molar-refractivity contribution in [2.75, 3.05) is 50.1 Å². The molecule has 0 radical (unpaired) electrons. The number of ether oxygens (including phenoxy) is 1. The minimum atomic E-state index is -0.237. The maximum atomic E-state index is 13.4. The lowest BCUT2D eigenvalue weighted by Gasteiger charge is -2.36. The van der Waals surface area contributed by atoms with Crippen LogP contribution in [0.3, 0.4) is 0 Å². The number of hydrogen-bond acceptors (Lipinski definition) is 4. The molecular formula is C24H25BrClN3O2. The molecule has 0 saturated carbocycles. The molecule has 1 N–H and O–H groups in total. The van der Waals surface area contributed by atoms with E-state index in [0.29, 0.717) is 22.0 Å². The van der Waals surface area contributed by atoms with E-state index < -0.39 is 0 Å². The Bertz CT molecular complexity index is 1110. The summed E-state index contributed by atoms with van der Waals surface area (Å²) in [5.74, 6) is 0.273. The van der Waals surface area contributed by atoms with Gasteiger partial charge in [0, 0.05) is 26.2 Å². The quantitative estimate of drug-likeness (QED) is 0.489. The van der Waals surface area contributed by atoms with Gasteiger partial charge in [0.15, 0.2) is 0 Å². The number of piperazine rings is 1. The first-order valence-corrected chi connectivity index (χ1v) is 11.5. The lowest BCUT2D eigenvalue weighted by Crippen LogP contribution is -2.46. The molecule has 31 heavy (non-hydrogen) atoms. The fourth-order valence-corrected chi connectivity index (χ4v) is 5.10. The third-order valence-electron chi connectivity index (χ3n) is 5.76. The van der Waals surface area contributed by atoms with Crippen molar-refractivity contribution in [3.63, 3.8) is 0 Å². The maximum Gasteiger partial charge on any atom is 0.259 e. The highest BCUT2D eigenvalue weighted by molar-refractivity contribution is 9.10. The van der Waals surface area contributed by atoms with E-state index in [1.54, 1.807) is 7.11 Å². The van der Waals surface area contributed by atoms with Gasteiger partial charge >= 0.3 is 0 Å². The van der Waals surface area contributed by atoms with Gasteiger partial charge in [-0.3, -0.25) is 4.79 Å². The van der Waals surface area contributed by atoms with E-state index in [2.05, 4.69) is 38.0 Å². The van der Waals surface area contributed by atoms with Crippen molar-refractivity contribution < 1.29 is 9.53 Å². The zero-order valence-corrected chi connectivity index (χ0v) is 20.0. The van der Waals surface area contributed by atoms with E-state index in [1.165, 1.54) is 0 Å². The highest BCUT2D eigenvalue weighted by atomic mass is 79.9. The molecule has 0 aromatic heterocycles. The van der Waals surface area contributed by atoms with Crippen LogP contribution in [0.5, 0.6) is 5.75 Å². The van der Waals surface area contributed by atoms with E-state index in [4.69, 9.17) is 16.3 Å². The summed E-state index contributed by atoms with van der Waals surface area (Å²) in [5, 5.41) is 5.67. The first-order valence-electron chi connectivity index (χ1n) is 10.4. The Morgan fingerprint density at radius 2 is 1.87 bits per heavy atom. The molecule has 4 rings (SSSR count). The summed E-state index contributed by atoms with van der Waals surface area (Å²) in [7, 11) is 1.57. The van der Waals surface area contributed by atoms with Crippen molar-refractivity contribution in [1.82, 2.24) is 4.90 Å². The summed E-state index contributed by atoms with van der Waals surface area (Å²) in [5.41, 5.74) is 2.04. The number of anilines is 2. The maximum absolute atomic E-state index is 13.4. The molecule has 162 valence electrons. The van der Waals surface area contributed by atoms with Crippen LogP contribution in [-0.2, 0) is 0 Å². The van der Waals surface area contributed by atoms with E-state index in [0.717, 1.165) is 53.7 Å². The summed E-state index contributed by atoms with van der Waals surface area (Å²) in [6, 6.07) is 15.4. The van der Waals surface area contributed by atoms with Gasteiger partial charge in [-0.25, -0.2) is 0 Å². The SMILES string of the molecule is CCN1CCN(c2c(Cl)cccc2NC(=O)c2cc3ccccc3c(Br)c2OC)CC1. The summed E-state index contributed by atoms with van der Waals surface area (Å²) < 4.78 is 6.35. The standard InChI is InChI=1S/C24H25BrClN3O2/c1-3-28-11-13-29(14-12-28)22-19(26)9-6-10-20(22)27-24(30)18-15-16-7-4-5-8-17(16)21(25)23(18)31-2/h4-10,15H,3,11-14H2,1-2H3,(H,27,30). The highest BCUT2D eigenvalue weighted by Crippen LogP contribution is 2.38. The van der Waals surface area contributed by atoms with Crippen LogP contribution in [0, 0.1) is 0 Å². The van der Waals surface area contributed by atoms with Gasteiger partial charge in [-0.2, -0.15) is 0 Å². The number of hydrogen-bond donors (Lipinski definition) is 1. The number of para-hydroxylation sites is 1. The largest absolute Gasteiger partial charge is 0.495 e. The smallest absolute Gasteiger partial charge is 0.259 e. The first kappa shape index (κ1) is 21.9. The minimum absolute atomic E-state index is 0.237. The Labute approximate surface area is 196 Å². The van der Waals surface area contributed by atoms with Crippen LogP contribution in [0.2, 0.25) is 5.02 Å². The van der Waals surface area contributed by atoms with Gasteiger partial charge in [0.1, 0.15) is 5.75 Å². The van der Waals surface area contributed by atoms with E-state index >= 15 is 0 Å². The molecule has 3 aromatic carbocycles. The molecular weight excluding hydrogens is 478 g/mol. The van der Waals surface area contributed by atoms with Crippen molar-refractivity contribution in [3.05, 3.63) is 63.6 Å². The van der Waals surface area contributed by atoms with Crippen molar-refractivity contribution >= 4 is 55.6 Å². The number of fused-ring (bicyclic) bond motifs is 1. The van der Waals surface area contributed by atoms with Crippen LogP contribution in [-0.4, -0.2) is 50.6 Å². The molecule has 0 spiro atoms. The fourth-order valence-electron chi connectivity index (χ4n) is 4.07. The third-order valence-corrected chi connectivity index (χ3v) is 6.85. The van der Waals surface area contributed by atoms with Crippen molar-refractivity contribution in [2.45, 2.75) is 6.92 Å². The Morgan fingerprint density at radius 1 is 1.13 bits per heavy atom. The summed E-state index contributed by atoms with van der Waals surface area (Å²) in [6.07, 6.45) is 0. The second-order valence-corrected chi connectivity index (χ2v) is 8.70. The van der Waals surface area contributed by atoms with Crippen LogP contribution >= 0.6 is 27.5 Å². The summed E-state index contributed by atoms with van der Waals surface area (Å²) in [6.45, 7) is 6.89. The molecule has 1 heterocycles. The zero-order chi connectivity index (χ0) is 22.0. The van der Waals surface area contributed by atoms with Gasteiger partial charge in [-0.1, -0.05) is 48.9 Å². The molecule has 5 nitrogen and oxygen atoms in total. The number of nitrogens with one attached hydrogen (secondary N) is 1. The molecule has 1 amide bonds. The van der Waals surface area contributed by atoms with Crippen molar-refractivity contribution in [1.29, 1.82) is 0 Å². The van der Waals surface area contributed by atoms with Gasteiger partial charge in [0.05, 0.1) is 33.5 Å². The molecule has 0 unspecified atom stereocenters. The average molecular weight is 503 g/mol. The second kappa shape index (κ2) is 9.47. The number of carbonyl (C=O) groups is 1. The topological polar surface area (TPSA) is 44.8 Å².